The van der Waals surface area contributed by atoms with Crippen LogP contribution >= 0.6 is 0 Å². The van der Waals surface area contributed by atoms with Crippen molar-refractivity contribution in [3.63, 3.8) is 0 Å². The fraction of sp³-hybridized carbons (Fsp3) is 0.206. The van der Waals surface area contributed by atoms with Crippen molar-refractivity contribution >= 4 is 28.6 Å². The third-order valence-electron chi connectivity index (χ3n) is 7.10. The maximum atomic E-state index is 13.0. The topological polar surface area (TPSA) is 96.3 Å². The number of amides is 1. The largest absolute Gasteiger partial charge is 0.478 e. The van der Waals surface area contributed by atoms with Crippen molar-refractivity contribution in [3.8, 4) is 11.1 Å². The molecule has 0 spiro atoms. The summed E-state index contributed by atoms with van der Waals surface area (Å²) in [6, 6.07) is 30.6. The normalized spacial score (nSPS) is 11.0. The van der Waals surface area contributed by atoms with E-state index in [-0.39, 0.29) is 11.5 Å². The molecule has 0 aliphatic heterocycles. The van der Waals surface area contributed by atoms with Crippen molar-refractivity contribution in [3.05, 3.63) is 120 Å². The molecular weight excluding hydrogens is 512 g/mol. The molecule has 7 nitrogen and oxygen atoms in total. The van der Waals surface area contributed by atoms with Gasteiger partial charge in [-0.3, -0.25) is 4.79 Å². The van der Waals surface area contributed by atoms with Gasteiger partial charge >= 0.3 is 5.97 Å². The highest BCUT2D eigenvalue weighted by atomic mass is 16.4. The molecule has 1 aromatic heterocycles. The Balaban J connectivity index is 1.40. The minimum Gasteiger partial charge on any atom is -0.478 e. The van der Waals surface area contributed by atoms with Crippen molar-refractivity contribution in [2.24, 2.45) is 0 Å². The molecule has 0 fully saturated rings. The van der Waals surface area contributed by atoms with Gasteiger partial charge in [-0.1, -0.05) is 74.0 Å². The number of nitrogens with zero attached hydrogens (tertiary/aromatic N) is 2. The number of hydrogen-bond acceptors (Lipinski definition) is 4. The highest BCUT2D eigenvalue weighted by Gasteiger charge is 2.17. The Hall–Kier alpha value is -4.91. The van der Waals surface area contributed by atoms with Crippen LogP contribution in [0.4, 0.5) is 5.69 Å². The van der Waals surface area contributed by atoms with Crippen LogP contribution in [0.2, 0.25) is 0 Å². The molecule has 0 saturated carbocycles. The van der Waals surface area contributed by atoms with E-state index in [0.717, 1.165) is 52.9 Å². The number of para-hydroxylation sites is 1. The van der Waals surface area contributed by atoms with E-state index < -0.39 is 5.97 Å². The zero-order valence-electron chi connectivity index (χ0n) is 23.1. The molecule has 0 unspecified atom stereocenters. The minimum atomic E-state index is -0.965. The number of fused-ring (bicyclic) bond motifs is 1. The Morgan fingerprint density at radius 1 is 0.878 bits per heavy atom. The number of aryl methyl sites for hydroxylation is 1. The molecule has 0 saturated heterocycles. The minimum absolute atomic E-state index is 0.148. The van der Waals surface area contributed by atoms with Crippen LogP contribution < -0.4 is 10.6 Å². The van der Waals surface area contributed by atoms with Gasteiger partial charge < -0.3 is 20.3 Å². The van der Waals surface area contributed by atoms with Crippen LogP contribution in [-0.4, -0.2) is 39.6 Å². The molecular formula is C34H34N4O3. The number of carbonyl (C=O) groups excluding carboxylic acids is 1. The number of aromatic nitrogens is 2. The number of benzene rings is 4. The summed E-state index contributed by atoms with van der Waals surface area (Å²) in [5.41, 5.74) is 5.92. The summed E-state index contributed by atoms with van der Waals surface area (Å²) >= 11 is 0. The van der Waals surface area contributed by atoms with E-state index in [0.29, 0.717) is 30.8 Å². The molecule has 0 aliphatic rings. The number of carboxylic acids is 1. The van der Waals surface area contributed by atoms with Gasteiger partial charge in [-0.15, -0.1) is 0 Å². The van der Waals surface area contributed by atoms with E-state index in [4.69, 9.17) is 4.98 Å². The Bertz CT molecular complexity index is 1650. The number of carboxylic acid groups (broad SMARTS) is 1. The maximum absolute atomic E-state index is 13.0. The first kappa shape index (κ1) is 27.6. The number of anilines is 1. The molecule has 0 atom stereocenters. The zero-order valence-corrected chi connectivity index (χ0v) is 23.1. The van der Waals surface area contributed by atoms with Crippen LogP contribution in [0.25, 0.3) is 22.2 Å². The van der Waals surface area contributed by atoms with Crippen LogP contribution in [-0.2, 0) is 13.0 Å². The first-order valence-corrected chi connectivity index (χ1v) is 14.0. The predicted molar refractivity (Wildman–Crippen MR) is 164 cm³/mol. The molecule has 5 aromatic rings. The number of unbranched alkanes of at least 4 members (excludes halogenated alkanes) is 1. The Morgan fingerprint density at radius 2 is 1.63 bits per heavy atom. The molecule has 7 heteroatoms. The molecule has 4 aromatic carbocycles. The van der Waals surface area contributed by atoms with Gasteiger partial charge in [0.1, 0.15) is 5.82 Å². The summed E-state index contributed by atoms with van der Waals surface area (Å²) in [6.07, 6.45) is 2.81. The maximum Gasteiger partial charge on any atom is 0.336 e. The molecule has 1 amide bonds. The number of aromatic carboxylic acids is 1. The average Bonchev–Trinajstić information content (AvgIpc) is 3.35. The Labute approximate surface area is 239 Å². The lowest BCUT2D eigenvalue weighted by Crippen LogP contribution is -2.28. The summed E-state index contributed by atoms with van der Waals surface area (Å²) < 4.78 is 2.11. The molecule has 41 heavy (non-hydrogen) atoms. The van der Waals surface area contributed by atoms with Crippen molar-refractivity contribution in [2.45, 2.75) is 32.7 Å². The number of imidazole rings is 1. The highest BCUT2D eigenvalue weighted by molar-refractivity contribution is 5.98. The standard InChI is InChI=1S/C34H34N4O3/c1-2-3-14-32-37-30-18-16-26(33(39)36-20-19-35-27-12-8-5-9-13-27)22-31(30)38(32)23-24-15-17-28(29(21-24)34(40)41)25-10-6-4-7-11-25/h4-13,15-18,21-22,35H,2-3,14,19-20,23H2,1H3,(H,36,39)(H,40,41). The van der Waals surface area contributed by atoms with E-state index in [1.165, 1.54) is 0 Å². The lowest BCUT2D eigenvalue weighted by Gasteiger charge is -2.13. The van der Waals surface area contributed by atoms with Gasteiger partial charge in [0.25, 0.3) is 5.91 Å². The van der Waals surface area contributed by atoms with Gasteiger partial charge in [0.05, 0.1) is 16.6 Å². The molecule has 3 N–H and O–H groups in total. The molecule has 1 heterocycles. The van der Waals surface area contributed by atoms with Gasteiger partial charge in [-0.2, -0.15) is 0 Å². The summed E-state index contributed by atoms with van der Waals surface area (Å²) in [4.78, 5) is 30.1. The SMILES string of the molecule is CCCCc1nc2ccc(C(=O)NCCNc3ccccc3)cc2n1Cc1ccc(-c2ccccc2)c(C(=O)O)c1. The lowest BCUT2D eigenvalue weighted by molar-refractivity contribution is 0.0697. The monoisotopic (exact) mass is 546 g/mol. The molecule has 0 radical (unpaired) electrons. The Morgan fingerprint density at radius 3 is 2.37 bits per heavy atom. The fourth-order valence-electron chi connectivity index (χ4n) is 4.98. The van der Waals surface area contributed by atoms with Gasteiger partial charge in [0.2, 0.25) is 0 Å². The molecule has 0 bridgehead atoms. The lowest BCUT2D eigenvalue weighted by atomic mass is 9.97. The predicted octanol–water partition coefficient (Wildman–Crippen LogP) is 6.63. The van der Waals surface area contributed by atoms with Crippen LogP contribution in [0, 0.1) is 0 Å². The second-order valence-electron chi connectivity index (χ2n) is 10.0. The number of rotatable bonds is 12. The first-order valence-electron chi connectivity index (χ1n) is 14.0. The second kappa shape index (κ2) is 13.0. The average molecular weight is 547 g/mol. The van der Waals surface area contributed by atoms with Crippen LogP contribution in [0.5, 0.6) is 0 Å². The van der Waals surface area contributed by atoms with E-state index in [1.54, 1.807) is 12.1 Å². The zero-order chi connectivity index (χ0) is 28.6. The number of nitrogens with one attached hydrogen (secondary N) is 2. The van der Waals surface area contributed by atoms with Gasteiger partial charge in [0, 0.05) is 37.3 Å². The molecule has 0 aliphatic carbocycles. The van der Waals surface area contributed by atoms with Crippen LogP contribution in [0.3, 0.4) is 0 Å². The van der Waals surface area contributed by atoms with Crippen molar-refractivity contribution < 1.29 is 14.7 Å². The summed E-state index contributed by atoms with van der Waals surface area (Å²) in [5.74, 6) is -0.186. The number of hydrogen-bond donors (Lipinski definition) is 3. The summed E-state index contributed by atoms with van der Waals surface area (Å²) in [7, 11) is 0. The summed E-state index contributed by atoms with van der Waals surface area (Å²) in [5, 5.41) is 16.3. The van der Waals surface area contributed by atoms with Gasteiger partial charge in [-0.05, 0) is 59.5 Å². The molecule has 5 rings (SSSR count). The van der Waals surface area contributed by atoms with E-state index in [9.17, 15) is 14.7 Å². The van der Waals surface area contributed by atoms with Gasteiger partial charge in [0.15, 0.2) is 0 Å². The van der Waals surface area contributed by atoms with Crippen molar-refractivity contribution in [1.82, 2.24) is 14.9 Å². The van der Waals surface area contributed by atoms with E-state index >= 15 is 0 Å². The number of carbonyl (C=O) groups is 2. The Kier molecular flexibility index (Phi) is 8.74. The molecule has 208 valence electrons. The smallest absolute Gasteiger partial charge is 0.336 e. The van der Waals surface area contributed by atoms with Crippen molar-refractivity contribution in [1.29, 1.82) is 0 Å². The van der Waals surface area contributed by atoms with Crippen LogP contribution in [0.15, 0.2) is 97.1 Å². The highest BCUT2D eigenvalue weighted by Crippen LogP contribution is 2.27. The third-order valence-corrected chi connectivity index (χ3v) is 7.10. The fourth-order valence-corrected chi connectivity index (χ4v) is 4.98. The van der Waals surface area contributed by atoms with E-state index in [1.807, 2.05) is 84.9 Å². The second-order valence-corrected chi connectivity index (χ2v) is 10.0. The summed E-state index contributed by atoms with van der Waals surface area (Å²) in [6.45, 7) is 3.70. The van der Waals surface area contributed by atoms with Crippen LogP contribution in [0.1, 0.15) is 51.9 Å². The van der Waals surface area contributed by atoms with E-state index in [2.05, 4.69) is 22.1 Å². The third kappa shape index (κ3) is 6.64. The van der Waals surface area contributed by atoms with Crippen molar-refractivity contribution in [2.75, 3.05) is 18.4 Å². The first-order chi connectivity index (χ1) is 20.0. The quantitative estimate of drug-likeness (QED) is 0.153. The van der Waals surface area contributed by atoms with Gasteiger partial charge in [-0.25, -0.2) is 9.78 Å².